The van der Waals surface area contributed by atoms with Crippen molar-refractivity contribution in [1.82, 2.24) is 30.5 Å². The molecule has 2 atom stereocenters. The average molecular weight is 352 g/mol. The van der Waals surface area contributed by atoms with E-state index >= 15 is 0 Å². The Kier molecular flexibility index (Phi) is 4.26. The van der Waals surface area contributed by atoms with Crippen molar-refractivity contribution in [2.75, 3.05) is 0 Å². The Bertz CT molecular complexity index is 917. The first-order chi connectivity index (χ1) is 12.6. The Morgan fingerprint density at radius 3 is 2.96 bits per heavy atom. The summed E-state index contributed by atoms with van der Waals surface area (Å²) < 4.78 is 7.47. The highest BCUT2D eigenvalue weighted by molar-refractivity contribution is 5.94. The smallest absolute Gasteiger partial charge is 0.272 e. The lowest BCUT2D eigenvalue weighted by atomic mass is 9.99. The predicted molar refractivity (Wildman–Crippen MR) is 93.8 cm³/mol. The summed E-state index contributed by atoms with van der Waals surface area (Å²) in [4.78, 5) is 12.6. The molecule has 4 rings (SSSR count). The van der Waals surface area contributed by atoms with E-state index in [0.717, 1.165) is 22.6 Å². The zero-order valence-corrected chi connectivity index (χ0v) is 14.6. The summed E-state index contributed by atoms with van der Waals surface area (Å²) in [5, 5.41) is 18.1. The Morgan fingerprint density at radius 2 is 2.15 bits per heavy atom. The van der Waals surface area contributed by atoms with Gasteiger partial charge in [-0.2, -0.15) is 5.10 Å². The van der Waals surface area contributed by atoms with Crippen LogP contribution in [0.3, 0.4) is 0 Å². The monoisotopic (exact) mass is 352 g/mol. The fourth-order valence-electron chi connectivity index (χ4n) is 3.28. The number of ether oxygens (including phenoxy) is 1. The first-order valence-corrected chi connectivity index (χ1v) is 8.59. The van der Waals surface area contributed by atoms with Gasteiger partial charge in [0.15, 0.2) is 5.69 Å². The molecule has 134 valence electrons. The van der Waals surface area contributed by atoms with Crippen LogP contribution >= 0.6 is 0 Å². The van der Waals surface area contributed by atoms with E-state index in [1.54, 1.807) is 10.9 Å². The summed E-state index contributed by atoms with van der Waals surface area (Å²) in [7, 11) is 0. The SMILES string of the molecule is C[C@@H]1Cc2c(C(=O)NCc3cnnn3-c3ccccc3)n[nH]c2[C@H](C)O1. The lowest BCUT2D eigenvalue weighted by Gasteiger charge is -2.25. The minimum absolute atomic E-state index is 0.0605. The predicted octanol–water partition coefficient (Wildman–Crippen LogP) is 1.94. The molecule has 1 aliphatic heterocycles. The van der Waals surface area contributed by atoms with E-state index in [-0.39, 0.29) is 18.1 Å². The van der Waals surface area contributed by atoms with Gasteiger partial charge >= 0.3 is 0 Å². The molecule has 3 aromatic rings. The molecule has 0 saturated carbocycles. The van der Waals surface area contributed by atoms with E-state index in [1.807, 2.05) is 44.2 Å². The number of aromatic amines is 1. The van der Waals surface area contributed by atoms with Crippen LogP contribution in [0.5, 0.6) is 0 Å². The minimum Gasteiger partial charge on any atom is -0.369 e. The molecule has 1 aliphatic rings. The van der Waals surface area contributed by atoms with E-state index in [2.05, 4.69) is 25.8 Å². The molecule has 0 saturated heterocycles. The topological polar surface area (TPSA) is 97.7 Å². The summed E-state index contributed by atoms with van der Waals surface area (Å²) in [5.74, 6) is -0.218. The summed E-state index contributed by atoms with van der Waals surface area (Å²) >= 11 is 0. The molecule has 0 unspecified atom stereocenters. The van der Waals surface area contributed by atoms with Gasteiger partial charge in [-0.05, 0) is 26.0 Å². The van der Waals surface area contributed by atoms with Crippen molar-refractivity contribution < 1.29 is 9.53 Å². The molecule has 1 amide bonds. The third-order valence-electron chi connectivity index (χ3n) is 4.50. The Labute approximate surface area is 150 Å². The molecule has 26 heavy (non-hydrogen) atoms. The van der Waals surface area contributed by atoms with E-state index in [1.165, 1.54) is 0 Å². The third-order valence-corrected chi connectivity index (χ3v) is 4.50. The largest absolute Gasteiger partial charge is 0.369 e. The van der Waals surface area contributed by atoms with Crippen LogP contribution in [0.15, 0.2) is 36.5 Å². The number of H-pyrrole nitrogens is 1. The zero-order chi connectivity index (χ0) is 18.1. The number of rotatable bonds is 4. The number of hydrogen-bond acceptors (Lipinski definition) is 5. The van der Waals surface area contributed by atoms with Crippen LogP contribution in [-0.2, 0) is 17.7 Å². The molecule has 0 fully saturated rings. The highest BCUT2D eigenvalue weighted by Crippen LogP contribution is 2.30. The second kappa shape index (κ2) is 6.72. The van der Waals surface area contributed by atoms with Gasteiger partial charge in [0.05, 0.1) is 42.0 Å². The third kappa shape index (κ3) is 2.99. The fourth-order valence-corrected chi connectivity index (χ4v) is 3.28. The zero-order valence-electron chi connectivity index (χ0n) is 14.6. The number of nitrogens with one attached hydrogen (secondary N) is 2. The van der Waals surface area contributed by atoms with Crippen molar-refractivity contribution in [3.8, 4) is 5.69 Å². The minimum atomic E-state index is -0.218. The van der Waals surface area contributed by atoms with Gasteiger partial charge in [-0.1, -0.05) is 23.4 Å². The summed E-state index contributed by atoms with van der Waals surface area (Å²) in [5.41, 5.74) is 3.93. The van der Waals surface area contributed by atoms with Gasteiger partial charge in [0, 0.05) is 12.0 Å². The van der Waals surface area contributed by atoms with Crippen LogP contribution in [0.2, 0.25) is 0 Å². The standard InChI is InChI=1S/C18H20N6O2/c1-11-8-15-16(12(2)26-11)21-22-17(15)18(25)19-9-14-10-20-23-24(14)13-6-4-3-5-7-13/h3-7,10-12H,8-9H2,1-2H3,(H,19,25)(H,21,22)/t11-,12+/m1/s1. The van der Waals surface area contributed by atoms with E-state index in [4.69, 9.17) is 4.74 Å². The van der Waals surface area contributed by atoms with Gasteiger partial charge in [0.2, 0.25) is 0 Å². The van der Waals surface area contributed by atoms with Crippen LogP contribution in [0, 0.1) is 0 Å². The van der Waals surface area contributed by atoms with Crippen LogP contribution in [0.25, 0.3) is 5.69 Å². The van der Waals surface area contributed by atoms with Crippen LogP contribution in [-0.4, -0.2) is 37.2 Å². The number of carbonyl (C=O) groups excluding carboxylic acids is 1. The second-order valence-corrected chi connectivity index (χ2v) is 6.41. The van der Waals surface area contributed by atoms with Gasteiger partial charge < -0.3 is 10.1 Å². The summed E-state index contributed by atoms with van der Waals surface area (Å²) in [6.45, 7) is 4.26. The number of hydrogen-bond donors (Lipinski definition) is 2. The molecule has 8 nitrogen and oxygen atoms in total. The van der Waals surface area contributed by atoms with Gasteiger partial charge in [0.25, 0.3) is 5.91 Å². The van der Waals surface area contributed by atoms with E-state index in [0.29, 0.717) is 18.7 Å². The molecular weight excluding hydrogens is 332 g/mol. The van der Waals surface area contributed by atoms with Crippen molar-refractivity contribution in [2.24, 2.45) is 0 Å². The average Bonchev–Trinajstić information content (AvgIpc) is 3.27. The molecule has 8 heteroatoms. The van der Waals surface area contributed by atoms with E-state index < -0.39 is 0 Å². The number of para-hydroxylation sites is 1. The number of nitrogens with zero attached hydrogens (tertiary/aromatic N) is 4. The molecule has 2 aromatic heterocycles. The van der Waals surface area contributed by atoms with Gasteiger partial charge in [0.1, 0.15) is 0 Å². The molecule has 0 aliphatic carbocycles. The molecule has 2 N–H and O–H groups in total. The Balaban J connectivity index is 1.51. The van der Waals surface area contributed by atoms with Crippen molar-refractivity contribution in [3.63, 3.8) is 0 Å². The molecular formula is C18H20N6O2. The molecule has 3 heterocycles. The maximum Gasteiger partial charge on any atom is 0.272 e. The Hall–Kier alpha value is -3.00. The van der Waals surface area contributed by atoms with Crippen molar-refractivity contribution in [3.05, 3.63) is 59.2 Å². The number of aromatic nitrogens is 5. The quantitative estimate of drug-likeness (QED) is 0.748. The highest BCUT2D eigenvalue weighted by atomic mass is 16.5. The summed E-state index contributed by atoms with van der Waals surface area (Å²) in [6.07, 6.45) is 2.28. The lowest BCUT2D eigenvalue weighted by molar-refractivity contribution is -0.00697. The van der Waals surface area contributed by atoms with Crippen molar-refractivity contribution in [1.29, 1.82) is 0 Å². The fraction of sp³-hybridized carbons (Fsp3) is 0.333. The first-order valence-electron chi connectivity index (χ1n) is 8.59. The number of carbonyl (C=O) groups is 1. The van der Waals surface area contributed by atoms with E-state index in [9.17, 15) is 4.79 Å². The van der Waals surface area contributed by atoms with Crippen molar-refractivity contribution >= 4 is 5.91 Å². The molecule has 1 aromatic carbocycles. The summed E-state index contributed by atoms with van der Waals surface area (Å²) in [6, 6.07) is 9.67. The molecule has 0 radical (unpaired) electrons. The van der Waals surface area contributed by atoms with Gasteiger partial charge in [-0.15, -0.1) is 5.10 Å². The van der Waals surface area contributed by atoms with Gasteiger partial charge in [-0.25, -0.2) is 4.68 Å². The van der Waals surface area contributed by atoms with Crippen LogP contribution < -0.4 is 5.32 Å². The molecule has 0 spiro atoms. The highest BCUT2D eigenvalue weighted by Gasteiger charge is 2.29. The van der Waals surface area contributed by atoms with Crippen molar-refractivity contribution in [2.45, 2.75) is 39.0 Å². The first kappa shape index (κ1) is 16.5. The lowest BCUT2D eigenvalue weighted by Crippen LogP contribution is -2.28. The van der Waals surface area contributed by atoms with Gasteiger partial charge in [-0.3, -0.25) is 9.89 Å². The maximum absolute atomic E-state index is 12.6. The number of benzene rings is 1. The maximum atomic E-state index is 12.6. The normalized spacial score (nSPS) is 19.2. The second-order valence-electron chi connectivity index (χ2n) is 6.41. The Morgan fingerprint density at radius 1 is 1.35 bits per heavy atom. The number of amides is 1. The number of fused-ring (bicyclic) bond motifs is 1. The molecule has 0 bridgehead atoms. The van der Waals surface area contributed by atoms with Crippen LogP contribution in [0.1, 0.15) is 47.4 Å². The van der Waals surface area contributed by atoms with Crippen LogP contribution in [0.4, 0.5) is 0 Å².